The minimum Gasteiger partial charge on any atom is -0.360 e. The first kappa shape index (κ1) is 10.8. The molecule has 2 aromatic heterocycles. The predicted molar refractivity (Wildman–Crippen MR) is 57.5 cm³/mol. The summed E-state index contributed by atoms with van der Waals surface area (Å²) < 4.78 is 15.1. The highest BCUT2D eigenvalue weighted by Gasteiger charge is 2.06. The second-order valence-electron chi connectivity index (χ2n) is 3.20. The van der Waals surface area contributed by atoms with Crippen LogP contribution in [0.15, 0.2) is 18.6 Å². The standard InChI is InChI=1S/C9H9ClFN5/c1-16-5-14-15-8(16)4-13-9-7(11)2-6(10)3-12-9/h2-3,5H,4H2,1H3,(H,12,13). The first-order valence-electron chi connectivity index (χ1n) is 4.54. The molecule has 5 nitrogen and oxygen atoms in total. The first-order chi connectivity index (χ1) is 7.66. The lowest BCUT2D eigenvalue weighted by molar-refractivity contribution is 0.623. The van der Waals surface area contributed by atoms with Gasteiger partial charge in [-0.15, -0.1) is 10.2 Å². The van der Waals surface area contributed by atoms with Crippen molar-refractivity contribution >= 4 is 17.4 Å². The molecule has 84 valence electrons. The molecule has 0 spiro atoms. The van der Waals surface area contributed by atoms with Crippen LogP contribution >= 0.6 is 11.6 Å². The normalized spacial score (nSPS) is 10.4. The number of rotatable bonds is 3. The molecule has 2 heterocycles. The zero-order valence-corrected chi connectivity index (χ0v) is 9.24. The number of hydrogen-bond acceptors (Lipinski definition) is 4. The maximum atomic E-state index is 13.3. The number of anilines is 1. The number of pyridine rings is 1. The van der Waals surface area contributed by atoms with Crippen LogP contribution < -0.4 is 5.32 Å². The minimum atomic E-state index is -0.491. The van der Waals surface area contributed by atoms with Crippen LogP contribution in [0.25, 0.3) is 0 Å². The van der Waals surface area contributed by atoms with E-state index in [9.17, 15) is 4.39 Å². The lowest BCUT2D eigenvalue weighted by Crippen LogP contribution is -2.08. The quantitative estimate of drug-likeness (QED) is 0.887. The smallest absolute Gasteiger partial charge is 0.166 e. The first-order valence-corrected chi connectivity index (χ1v) is 4.92. The van der Waals surface area contributed by atoms with Crippen LogP contribution in [0.2, 0.25) is 5.02 Å². The molecule has 0 saturated heterocycles. The van der Waals surface area contributed by atoms with Gasteiger partial charge in [-0.2, -0.15) is 0 Å². The molecule has 0 saturated carbocycles. The molecule has 0 atom stereocenters. The zero-order valence-electron chi connectivity index (χ0n) is 8.48. The number of aryl methyl sites for hydroxylation is 1. The van der Waals surface area contributed by atoms with Gasteiger partial charge >= 0.3 is 0 Å². The molecule has 0 fully saturated rings. The Kier molecular flexibility index (Phi) is 3.00. The second kappa shape index (κ2) is 4.44. The van der Waals surface area contributed by atoms with E-state index in [-0.39, 0.29) is 10.8 Å². The van der Waals surface area contributed by atoms with Crippen molar-refractivity contribution in [3.8, 4) is 0 Å². The van der Waals surface area contributed by atoms with Gasteiger partial charge in [-0.1, -0.05) is 11.6 Å². The van der Waals surface area contributed by atoms with Gasteiger partial charge in [0.2, 0.25) is 0 Å². The van der Waals surface area contributed by atoms with E-state index in [1.165, 1.54) is 12.3 Å². The fourth-order valence-electron chi connectivity index (χ4n) is 1.17. The van der Waals surface area contributed by atoms with Crippen LogP contribution in [0.3, 0.4) is 0 Å². The van der Waals surface area contributed by atoms with Crippen molar-refractivity contribution in [3.05, 3.63) is 35.3 Å². The second-order valence-corrected chi connectivity index (χ2v) is 3.63. The van der Waals surface area contributed by atoms with E-state index >= 15 is 0 Å². The molecule has 0 amide bonds. The predicted octanol–water partition coefficient (Wildman–Crippen LogP) is 1.61. The largest absolute Gasteiger partial charge is 0.360 e. The molecule has 2 rings (SSSR count). The highest BCUT2D eigenvalue weighted by Crippen LogP contribution is 2.15. The third-order valence-corrected chi connectivity index (χ3v) is 2.23. The van der Waals surface area contributed by atoms with Gasteiger partial charge in [0, 0.05) is 13.2 Å². The summed E-state index contributed by atoms with van der Waals surface area (Å²) in [6.07, 6.45) is 2.95. The fourth-order valence-corrected chi connectivity index (χ4v) is 1.32. The molecule has 0 aliphatic carbocycles. The van der Waals surface area contributed by atoms with Gasteiger partial charge in [-0.25, -0.2) is 9.37 Å². The van der Waals surface area contributed by atoms with Crippen LogP contribution in [-0.4, -0.2) is 19.7 Å². The van der Waals surface area contributed by atoms with Crippen LogP contribution in [0.5, 0.6) is 0 Å². The zero-order chi connectivity index (χ0) is 11.5. The maximum Gasteiger partial charge on any atom is 0.166 e. The van der Waals surface area contributed by atoms with Crippen molar-refractivity contribution in [1.29, 1.82) is 0 Å². The van der Waals surface area contributed by atoms with Gasteiger partial charge < -0.3 is 9.88 Å². The molecular weight excluding hydrogens is 233 g/mol. The molecule has 16 heavy (non-hydrogen) atoms. The lowest BCUT2D eigenvalue weighted by atomic mass is 10.4. The molecule has 0 aromatic carbocycles. The Labute approximate surface area is 96.3 Å². The van der Waals surface area contributed by atoms with E-state index < -0.39 is 5.82 Å². The molecule has 0 unspecified atom stereocenters. The van der Waals surface area contributed by atoms with Crippen LogP contribution in [-0.2, 0) is 13.6 Å². The number of nitrogens with one attached hydrogen (secondary N) is 1. The minimum absolute atomic E-state index is 0.146. The number of halogens is 2. The highest BCUT2D eigenvalue weighted by atomic mass is 35.5. The molecule has 7 heteroatoms. The molecule has 1 N–H and O–H groups in total. The Morgan fingerprint density at radius 1 is 1.56 bits per heavy atom. The van der Waals surface area contributed by atoms with E-state index in [1.54, 1.807) is 10.9 Å². The van der Waals surface area contributed by atoms with Crippen LogP contribution in [0.1, 0.15) is 5.82 Å². The summed E-state index contributed by atoms with van der Waals surface area (Å²) in [5.41, 5.74) is 0. The molecular formula is C9H9ClFN5. The van der Waals surface area contributed by atoms with Crippen LogP contribution in [0.4, 0.5) is 10.2 Å². The van der Waals surface area contributed by atoms with E-state index in [4.69, 9.17) is 11.6 Å². The number of nitrogens with zero attached hydrogens (tertiary/aromatic N) is 4. The molecule has 0 aliphatic heterocycles. The van der Waals surface area contributed by atoms with Gasteiger partial charge in [0.1, 0.15) is 6.33 Å². The third-order valence-electron chi connectivity index (χ3n) is 2.03. The summed E-state index contributed by atoms with van der Waals surface area (Å²) in [5, 5.41) is 10.6. The summed E-state index contributed by atoms with van der Waals surface area (Å²) >= 11 is 5.59. The van der Waals surface area contributed by atoms with Crippen molar-refractivity contribution in [3.63, 3.8) is 0 Å². The average molecular weight is 242 g/mol. The van der Waals surface area contributed by atoms with E-state index in [1.807, 2.05) is 7.05 Å². The number of aromatic nitrogens is 4. The van der Waals surface area contributed by atoms with Crippen molar-refractivity contribution in [2.45, 2.75) is 6.54 Å². The Bertz CT molecular complexity index is 498. The van der Waals surface area contributed by atoms with E-state index in [2.05, 4.69) is 20.5 Å². The summed E-state index contributed by atoms with van der Waals surface area (Å²) in [6.45, 7) is 0.349. The molecule has 0 aliphatic rings. The van der Waals surface area contributed by atoms with Crippen LogP contribution in [0, 0.1) is 5.82 Å². The summed E-state index contributed by atoms with van der Waals surface area (Å²) in [5.74, 6) is 0.346. The maximum absolute atomic E-state index is 13.3. The summed E-state index contributed by atoms with van der Waals surface area (Å²) in [6, 6.07) is 1.20. The molecule has 0 radical (unpaired) electrons. The Balaban J connectivity index is 2.08. The topological polar surface area (TPSA) is 55.6 Å². The lowest BCUT2D eigenvalue weighted by Gasteiger charge is -2.05. The summed E-state index contributed by atoms with van der Waals surface area (Å²) in [7, 11) is 1.81. The highest BCUT2D eigenvalue weighted by molar-refractivity contribution is 6.30. The van der Waals surface area contributed by atoms with E-state index in [0.29, 0.717) is 12.4 Å². The summed E-state index contributed by atoms with van der Waals surface area (Å²) in [4.78, 5) is 3.83. The van der Waals surface area contributed by atoms with E-state index in [0.717, 1.165) is 0 Å². The Morgan fingerprint density at radius 3 is 3.00 bits per heavy atom. The van der Waals surface area contributed by atoms with Gasteiger partial charge in [-0.3, -0.25) is 0 Å². The van der Waals surface area contributed by atoms with Gasteiger partial charge in [-0.05, 0) is 6.07 Å². The Hall–Kier alpha value is -1.69. The third kappa shape index (κ3) is 2.27. The van der Waals surface area contributed by atoms with Gasteiger partial charge in [0.05, 0.1) is 11.6 Å². The fraction of sp³-hybridized carbons (Fsp3) is 0.222. The SMILES string of the molecule is Cn1cnnc1CNc1ncc(Cl)cc1F. The average Bonchev–Trinajstić information content (AvgIpc) is 2.63. The van der Waals surface area contributed by atoms with Gasteiger partial charge in [0.25, 0.3) is 0 Å². The monoisotopic (exact) mass is 241 g/mol. The molecule has 0 bridgehead atoms. The molecule has 2 aromatic rings. The van der Waals surface area contributed by atoms with Crippen molar-refractivity contribution in [2.75, 3.05) is 5.32 Å². The van der Waals surface area contributed by atoms with Crippen molar-refractivity contribution in [2.24, 2.45) is 7.05 Å². The number of hydrogen-bond donors (Lipinski definition) is 1. The Morgan fingerprint density at radius 2 is 2.38 bits per heavy atom. The van der Waals surface area contributed by atoms with Crippen molar-refractivity contribution in [1.82, 2.24) is 19.7 Å². The van der Waals surface area contributed by atoms with Crippen molar-refractivity contribution < 1.29 is 4.39 Å². The van der Waals surface area contributed by atoms with Gasteiger partial charge in [0.15, 0.2) is 17.5 Å².